The Morgan fingerprint density at radius 3 is 2.76 bits per heavy atom. The Labute approximate surface area is 101 Å². The van der Waals surface area contributed by atoms with Crippen LogP contribution in [-0.2, 0) is 0 Å². The number of hydrogen-bond donors (Lipinski definition) is 1. The molecule has 1 aromatic carbocycles. The molecular weight excluding hydrogens is 210 g/mol. The van der Waals surface area contributed by atoms with Gasteiger partial charge >= 0.3 is 0 Å². The lowest BCUT2D eigenvalue weighted by Gasteiger charge is -2.32. The molecule has 0 saturated carbocycles. The second-order valence-corrected chi connectivity index (χ2v) is 4.67. The molecule has 88 valence electrons. The van der Waals surface area contributed by atoms with Crippen LogP contribution in [-0.4, -0.2) is 24.1 Å². The van der Waals surface area contributed by atoms with Gasteiger partial charge < -0.3 is 10.6 Å². The minimum absolute atomic E-state index is 0.374. The van der Waals surface area contributed by atoms with Crippen molar-refractivity contribution in [1.29, 1.82) is 0 Å². The predicted molar refractivity (Wildman–Crippen MR) is 71.2 cm³/mol. The quantitative estimate of drug-likeness (QED) is 0.811. The number of benzene rings is 1. The van der Waals surface area contributed by atoms with Crippen LogP contribution in [0, 0.1) is 0 Å². The van der Waals surface area contributed by atoms with Crippen molar-refractivity contribution >= 4 is 16.6 Å². The molecule has 0 amide bonds. The third-order valence-electron chi connectivity index (χ3n) is 3.50. The second-order valence-electron chi connectivity index (χ2n) is 4.67. The number of fused-ring (bicyclic) bond motifs is 1. The van der Waals surface area contributed by atoms with Gasteiger partial charge in [-0.3, -0.25) is 4.98 Å². The molecule has 0 bridgehead atoms. The number of anilines is 1. The number of aromatic nitrogens is 1. The van der Waals surface area contributed by atoms with E-state index in [1.54, 1.807) is 0 Å². The molecule has 2 N–H and O–H groups in total. The van der Waals surface area contributed by atoms with Gasteiger partial charge in [-0.2, -0.15) is 0 Å². The number of piperidine rings is 1. The molecule has 1 fully saturated rings. The zero-order chi connectivity index (χ0) is 11.7. The molecule has 3 nitrogen and oxygen atoms in total. The fourth-order valence-corrected chi connectivity index (χ4v) is 2.50. The van der Waals surface area contributed by atoms with Crippen LogP contribution in [0.2, 0.25) is 0 Å². The van der Waals surface area contributed by atoms with E-state index in [1.807, 2.05) is 12.3 Å². The van der Waals surface area contributed by atoms with Gasteiger partial charge in [-0.1, -0.05) is 6.07 Å². The van der Waals surface area contributed by atoms with E-state index in [1.165, 1.54) is 11.1 Å². The maximum absolute atomic E-state index is 5.95. The first kappa shape index (κ1) is 10.5. The summed E-state index contributed by atoms with van der Waals surface area (Å²) in [6, 6.07) is 10.8. The summed E-state index contributed by atoms with van der Waals surface area (Å²) in [6.45, 7) is 2.10. The van der Waals surface area contributed by atoms with Gasteiger partial charge in [-0.25, -0.2) is 0 Å². The fraction of sp³-hybridized carbons (Fsp3) is 0.357. The van der Waals surface area contributed by atoms with E-state index < -0.39 is 0 Å². The Balaban J connectivity index is 2.00. The van der Waals surface area contributed by atoms with Crippen molar-refractivity contribution in [2.24, 2.45) is 5.73 Å². The van der Waals surface area contributed by atoms with E-state index >= 15 is 0 Å². The predicted octanol–water partition coefficient (Wildman–Crippen LogP) is 2.16. The molecule has 0 atom stereocenters. The molecule has 1 aliphatic rings. The Bertz CT molecular complexity index is 510. The fourth-order valence-electron chi connectivity index (χ4n) is 2.50. The van der Waals surface area contributed by atoms with E-state index in [0.717, 1.165) is 31.4 Å². The van der Waals surface area contributed by atoms with Crippen molar-refractivity contribution in [3.05, 3.63) is 36.5 Å². The lowest BCUT2D eigenvalue weighted by Crippen LogP contribution is -2.39. The van der Waals surface area contributed by atoms with Crippen molar-refractivity contribution in [1.82, 2.24) is 4.98 Å². The molecule has 1 aliphatic heterocycles. The standard InChI is InChI=1S/C14H17N3/c15-11-6-9-17(10-7-11)14-5-1-4-13-12(14)3-2-8-16-13/h1-5,8,11H,6-7,9-10,15H2. The Hall–Kier alpha value is -1.61. The number of nitrogens with zero attached hydrogens (tertiary/aromatic N) is 2. The molecule has 1 aromatic heterocycles. The number of hydrogen-bond acceptors (Lipinski definition) is 3. The van der Waals surface area contributed by atoms with Gasteiger partial charge in [-0.15, -0.1) is 0 Å². The van der Waals surface area contributed by atoms with Crippen molar-refractivity contribution in [2.75, 3.05) is 18.0 Å². The van der Waals surface area contributed by atoms with Gasteiger partial charge in [0.1, 0.15) is 0 Å². The smallest absolute Gasteiger partial charge is 0.0722 e. The highest BCUT2D eigenvalue weighted by molar-refractivity contribution is 5.91. The summed E-state index contributed by atoms with van der Waals surface area (Å²) in [7, 11) is 0. The van der Waals surface area contributed by atoms with Gasteiger partial charge in [0.25, 0.3) is 0 Å². The van der Waals surface area contributed by atoms with Gasteiger partial charge in [0.05, 0.1) is 5.52 Å². The average Bonchev–Trinajstić information content (AvgIpc) is 2.39. The topological polar surface area (TPSA) is 42.1 Å². The Morgan fingerprint density at radius 2 is 1.94 bits per heavy atom. The van der Waals surface area contributed by atoms with E-state index in [4.69, 9.17) is 5.73 Å². The van der Waals surface area contributed by atoms with Gasteiger partial charge in [0.2, 0.25) is 0 Å². The number of pyridine rings is 1. The molecule has 0 spiro atoms. The van der Waals surface area contributed by atoms with Crippen molar-refractivity contribution in [2.45, 2.75) is 18.9 Å². The van der Waals surface area contributed by atoms with E-state index in [0.29, 0.717) is 6.04 Å². The van der Waals surface area contributed by atoms with Crippen molar-refractivity contribution < 1.29 is 0 Å². The van der Waals surface area contributed by atoms with Crippen LogP contribution in [0.5, 0.6) is 0 Å². The molecule has 2 aromatic rings. The molecule has 2 heterocycles. The van der Waals surface area contributed by atoms with Gasteiger partial charge in [-0.05, 0) is 37.1 Å². The highest BCUT2D eigenvalue weighted by atomic mass is 15.1. The zero-order valence-corrected chi connectivity index (χ0v) is 9.84. The molecule has 0 aliphatic carbocycles. The van der Waals surface area contributed by atoms with Crippen molar-refractivity contribution in [3.8, 4) is 0 Å². The molecule has 1 saturated heterocycles. The summed E-state index contributed by atoms with van der Waals surface area (Å²) in [4.78, 5) is 6.82. The van der Waals surface area contributed by atoms with Crippen LogP contribution in [0.1, 0.15) is 12.8 Å². The number of rotatable bonds is 1. The third-order valence-corrected chi connectivity index (χ3v) is 3.50. The summed E-state index contributed by atoms with van der Waals surface area (Å²) in [5.41, 5.74) is 8.31. The zero-order valence-electron chi connectivity index (χ0n) is 9.84. The highest BCUT2D eigenvalue weighted by Crippen LogP contribution is 2.27. The average molecular weight is 227 g/mol. The molecule has 0 radical (unpaired) electrons. The van der Waals surface area contributed by atoms with Crippen LogP contribution in [0.4, 0.5) is 5.69 Å². The summed E-state index contributed by atoms with van der Waals surface area (Å²) in [5, 5.41) is 1.24. The Morgan fingerprint density at radius 1 is 1.12 bits per heavy atom. The van der Waals surface area contributed by atoms with Gasteiger partial charge in [0, 0.05) is 36.4 Å². The van der Waals surface area contributed by atoms with Crippen LogP contribution >= 0.6 is 0 Å². The minimum Gasteiger partial charge on any atom is -0.371 e. The normalized spacial score (nSPS) is 17.6. The lowest BCUT2D eigenvalue weighted by atomic mass is 10.0. The molecule has 3 heteroatoms. The minimum atomic E-state index is 0.374. The first-order chi connectivity index (χ1) is 8.34. The third kappa shape index (κ3) is 1.98. The Kier molecular flexibility index (Phi) is 2.69. The lowest BCUT2D eigenvalue weighted by molar-refractivity contribution is 0.502. The summed E-state index contributed by atoms with van der Waals surface area (Å²) < 4.78 is 0. The van der Waals surface area contributed by atoms with E-state index in [9.17, 15) is 0 Å². The highest BCUT2D eigenvalue weighted by Gasteiger charge is 2.17. The first-order valence-corrected chi connectivity index (χ1v) is 6.19. The van der Waals surface area contributed by atoms with Crippen LogP contribution in [0.25, 0.3) is 10.9 Å². The van der Waals surface area contributed by atoms with Crippen LogP contribution < -0.4 is 10.6 Å². The summed E-state index contributed by atoms with van der Waals surface area (Å²) >= 11 is 0. The number of nitrogens with two attached hydrogens (primary N) is 1. The second kappa shape index (κ2) is 4.34. The van der Waals surface area contributed by atoms with Crippen LogP contribution in [0.15, 0.2) is 36.5 Å². The van der Waals surface area contributed by atoms with E-state index in [-0.39, 0.29) is 0 Å². The summed E-state index contributed by atoms with van der Waals surface area (Å²) in [6.07, 6.45) is 4.01. The van der Waals surface area contributed by atoms with E-state index in [2.05, 4.69) is 34.1 Å². The molecular formula is C14H17N3. The SMILES string of the molecule is NC1CCN(c2cccc3ncccc23)CC1. The maximum Gasteiger partial charge on any atom is 0.0722 e. The molecule has 17 heavy (non-hydrogen) atoms. The first-order valence-electron chi connectivity index (χ1n) is 6.19. The van der Waals surface area contributed by atoms with Gasteiger partial charge in [0.15, 0.2) is 0 Å². The largest absolute Gasteiger partial charge is 0.371 e. The molecule has 3 rings (SSSR count). The monoisotopic (exact) mass is 227 g/mol. The molecule has 0 unspecified atom stereocenters. The summed E-state index contributed by atoms with van der Waals surface area (Å²) in [5.74, 6) is 0. The maximum atomic E-state index is 5.95. The van der Waals surface area contributed by atoms with Crippen LogP contribution in [0.3, 0.4) is 0 Å². The van der Waals surface area contributed by atoms with Crippen molar-refractivity contribution in [3.63, 3.8) is 0 Å².